The number of hydrogen-bond donors (Lipinski definition) is 0. The van der Waals surface area contributed by atoms with Crippen molar-refractivity contribution >= 4 is 11.8 Å². The summed E-state index contributed by atoms with van der Waals surface area (Å²) in [5, 5.41) is 0. The number of pyridine rings is 1. The second-order valence-electron chi connectivity index (χ2n) is 5.29. The lowest BCUT2D eigenvalue weighted by Gasteiger charge is -2.30. The molecular formula is C17H18N2O2. The van der Waals surface area contributed by atoms with Gasteiger partial charge in [-0.05, 0) is 36.1 Å². The Morgan fingerprint density at radius 3 is 2.76 bits per heavy atom. The third-order valence-electron chi connectivity index (χ3n) is 3.96. The highest BCUT2D eigenvalue weighted by atomic mass is 16.5. The number of aryl methyl sites for hydroxylation is 1. The molecule has 21 heavy (non-hydrogen) atoms. The highest BCUT2D eigenvalue weighted by Gasteiger charge is 2.18. The number of rotatable bonds is 2. The van der Waals surface area contributed by atoms with E-state index in [0.717, 1.165) is 30.9 Å². The molecule has 0 unspecified atom stereocenters. The first-order valence-electron chi connectivity index (χ1n) is 7.05. The zero-order valence-corrected chi connectivity index (χ0v) is 12.3. The lowest BCUT2D eigenvalue weighted by Crippen LogP contribution is -2.31. The molecule has 3 rings (SSSR count). The molecule has 1 aromatic heterocycles. The van der Waals surface area contributed by atoms with Crippen molar-refractivity contribution in [2.24, 2.45) is 0 Å². The van der Waals surface area contributed by atoms with Crippen molar-refractivity contribution in [2.45, 2.75) is 19.9 Å². The van der Waals surface area contributed by atoms with Gasteiger partial charge in [0, 0.05) is 19.3 Å². The van der Waals surface area contributed by atoms with E-state index in [2.05, 4.69) is 34.1 Å². The first-order valence-corrected chi connectivity index (χ1v) is 7.05. The molecule has 1 aromatic carbocycles. The molecule has 1 aliphatic rings. The average molecular weight is 282 g/mol. The van der Waals surface area contributed by atoms with Crippen molar-refractivity contribution < 1.29 is 9.53 Å². The molecule has 0 bridgehead atoms. The molecule has 2 heterocycles. The van der Waals surface area contributed by atoms with Gasteiger partial charge >= 0.3 is 5.97 Å². The largest absolute Gasteiger partial charge is 0.465 e. The van der Waals surface area contributed by atoms with E-state index in [4.69, 9.17) is 4.74 Å². The van der Waals surface area contributed by atoms with Crippen molar-refractivity contribution in [1.82, 2.24) is 4.98 Å². The van der Waals surface area contributed by atoms with Crippen LogP contribution in [0.4, 0.5) is 5.82 Å². The average Bonchev–Trinajstić information content (AvgIpc) is 2.53. The maximum atomic E-state index is 11.6. The topological polar surface area (TPSA) is 42.4 Å². The zero-order valence-electron chi connectivity index (χ0n) is 12.3. The molecule has 1 aliphatic heterocycles. The highest BCUT2D eigenvalue weighted by Crippen LogP contribution is 2.24. The van der Waals surface area contributed by atoms with Crippen LogP contribution < -0.4 is 4.90 Å². The molecule has 0 amide bonds. The fourth-order valence-electron chi connectivity index (χ4n) is 2.73. The van der Waals surface area contributed by atoms with Crippen molar-refractivity contribution in [2.75, 3.05) is 18.6 Å². The summed E-state index contributed by atoms with van der Waals surface area (Å²) >= 11 is 0. The van der Waals surface area contributed by atoms with Gasteiger partial charge in [-0.3, -0.25) is 0 Å². The van der Waals surface area contributed by atoms with Crippen LogP contribution in [0.25, 0.3) is 0 Å². The molecule has 0 N–H and O–H groups in total. The third-order valence-corrected chi connectivity index (χ3v) is 3.96. The summed E-state index contributed by atoms with van der Waals surface area (Å²) in [4.78, 5) is 18.3. The number of esters is 1. The minimum absolute atomic E-state index is 0.337. The number of ether oxygens (including phenoxy) is 1. The monoisotopic (exact) mass is 282 g/mol. The molecule has 4 nitrogen and oxygen atoms in total. The molecular weight excluding hydrogens is 264 g/mol. The standard InChI is InChI=1S/C17H18N2O2/c1-12-9-16(18-10-15(12)17(20)21-2)19-8-7-13-5-3-4-6-14(13)11-19/h3-6,9-10H,7-8,11H2,1-2H3. The van der Waals surface area contributed by atoms with Crippen LogP contribution >= 0.6 is 0 Å². The van der Waals surface area contributed by atoms with Gasteiger partial charge in [0.15, 0.2) is 0 Å². The number of methoxy groups -OCH3 is 1. The maximum Gasteiger partial charge on any atom is 0.339 e. The van der Waals surface area contributed by atoms with E-state index in [1.54, 1.807) is 6.20 Å². The van der Waals surface area contributed by atoms with Gasteiger partial charge in [0.2, 0.25) is 0 Å². The van der Waals surface area contributed by atoms with Gasteiger partial charge in [0.1, 0.15) is 5.82 Å². The number of anilines is 1. The van der Waals surface area contributed by atoms with Gasteiger partial charge in [-0.1, -0.05) is 24.3 Å². The summed E-state index contributed by atoms with van der Waals surface area (Å²) in [7, 11) is 1.39. The Kier molecular flexibility index (Phi) is 3.60. The fourth-order valence-corrected chi connectivity index (χ4v) is 2.73. The number of nitrogens with zero attached hydrogens (tertiary/aromatic N) is 2. The predicted molar refractivity (Wildman–Crippen MR) is 81.5 cm³/mol. The van der Waals surface area contributed by atoms with Crippen LogP contribution in [0.1, 0.15) is 27.0 Å². The van der Waals surface area contributed by atoms with E-state index in [9.17, 15) is 4.79 Å². The number of fused-ring (bicyclic) bond motifs is 1. The molecule has 0 atom stereocenters. The van der Waals surface area contributed by atoms with Gasteiger partial charge in [-0.2, -0.15) is 0 Å². The number of aromatic nitrogens is 1. The fraction of sp³-hybridized carbons (Fsp3) is 0.294. The van der Waals surface area contributed by atoms with Crippen molar-refractivity contribution in [1.29, 1.82) is 0 Å². The van der Waals surface area contributed by atoms with E-state index < -0.39 is 0 Å². The molecule has 0 aliphatic carbocycles. The van der Waals surface area contributed by atoms with E-state index in [1.165, 1.54) is 18.2 Å². The van der Waals surface area contributed by atoms with Gasteiger partial charge in [0.05, 0.1) is 12.7 Å². The molecule has 0 radical (unpaired) electrons. The second-order valence-corrected chi connectivity index (χ2v) is 5.29. The van der Waals surface area contributed by atoms with Crippen LogP contribution in [0, 0.1) is 6.92 Å². The van der Waals surface area contributed by atoms with Crippen molar-refractivity contribution in [3.05, 3.63) is 58.8 Å². The first-order chi connectivity index (χ1) is 10.2. The summed E-state index contributed by atoms with van der Waals surface area (Å²) in [5.41, 5.74) is 4.18. The van der Waals surface area contributed by atoms with E-state index in [1.807, 2.05) is 13.0 Å². The Bertz CT molecular complexity index is 682. The lowest BCUT2D eigenvalue weighted by atomic mass is 10.00. The Hall–Kier alpha value is -2.36. The number of carbonyl (C=O) groups excluding carboxylic acids is 1. The normalized spacial score (nSPS) is 13.7. The summed E-state index contributed by atoms with van der Waals surface area (Å²) < 4.78 is 4.76. The third kappa shape index (κ3) is 2.61. The molecule has 108 valence electrons. The molecule has 0 fully saturated rings. The number of carbonyl (C=O) groups is 1. The minimum Gasteiger partial charge on any atom is -0.465 e. The number of hydrogen-bond acceptors (Lipinski definition) is 4. The van der Waals surface area contributed by atoms with Crippen LogP contribution in [0.15, 0.2) is 36.5 Å². The molecule has 2 aromatic rings. The second kappa shape index (κ2) is 5.56. The first kappa shape index (κ1) is 13.6. The van der Waals surface area contributed by atoms with E-state index in [-0.39, 0.29) is 5.97 Å². The maximum absolute atomic E-state index is 11.6. The summed E-state index contributed by atoms with van der Waals surface area (Å²) in [6, 6.07) is 10.5. The van der Waals surface area contributed by atoms with Gasteiger partial charge in [0.25, 0.3) is 0 Å². The summed E-state index contributed by atoms with van der Waals surface area (Å²) in [6.45, 7) is 3.72. The van der Waals surface area contributed by atoms with E-state index in [0.29, 0.717) is 5.56 Å². The predicted octanol–water partition coefficient (Wildman–Crippen LogP) is 2.74. The van der Waals surface area contributed by atoms with E-state index >= 15 is 0 Å². The number of benzene rings is 1. The quantitative estimate of drug-likeness (QED) is 0.794. The van der Waals surface area contributed by atoms with Crippen LogP contribution in [0.3, 0.4) is 0 Å². The Balaban J connectivity index is 1.86. The molecule has 0 saturated carbocycles. The summed E-state index contributed by atoms with van der Waals surface area (Å²) in [6.07, 6.45) is 2.63. The smallest absolute Gasteiger partial charge is 0.339 e. The zero-order chi connectivity index (χ0) is 14.8. The van der Waals surface area contributed by atoms with Crippen molar-refractivity contribution in [3.63, 3.8) is 0 Å². The van der Waals surface area contributed by atoms with Crippen molar-refractivity contribution in [3.8, 4) is 0 Å². The van der Waals surface area contributed by atoms with Crippen LogP contribution in [0.2, 0.25) is 0 Å². The van der Waals surface area contributed by atoms with Gasteiger partial charge < -0.3 is 9.64 Å². The Morgan fingerprint density at radius 1 is 1.29 bits per heavy atom. The molecule has 0 saturated heterocycles. The minimum atomic E-state index is -0.337. The SMILES string of the molecule is COC(=O)c1cnc(N2CCc3ccccc3C2)cc1C. The van der Waals surface area contributed by atoms with Crippen LogP contribution in [-0.4, -0.2) is 24.6 Å². The lowest BCUT2D eigenvalue weighted by molar-refractivity contribution is 0.0599. The Labute approximate surface area is 124 Å². The Morgan fingerprint density at radius 2 is 2.05 bits per heavy atom. The molecule has 0 spiro atoms. The van der Waals surface area contributed by atoms with Crippen LogP contribution in [-0.2, 0) is 17.7 Å². The summed E-state index contributed by atoms with van der Waals surface area (Å²) in [5.74, 6) is 0.574. The van der Waals surface area contributed by atoms with Gasteiger partial charge in [-0.15, -0.1) is 0 Å². The highest BCUT2D eigenvalue weighted by molar-refractivity contribution is 5.90. The molecule has 4 heteroatoms. The van der Waals surface area contributed by atoms with Crippen LogP contribution in [0.5, 0.6) is 0 Å². The van der Waals surface area contributed by atoms with Gasteiger partial charge in [-0.25, -0.2) is 9.78 Å².